The van der Waals surface area contributed by atoms with Crippen LogP contribution in [0, 0.1) is 0 Å². The smallest absolute Gasteiger partial charge is 0.320 e. The van der Waals surface area contributed by atoms with Crippen molar-refractivity contribution in [3.8, 4) is 0 Å². The summed E-state index contributed by atoms with van der Waals surface area (Å²) in [5, 5.41) is 0.802. The number of urea groups is 1. The summed E-state index contributed by atoms with van der Waals surface area (Å²) in [7, 11) is 3.56. The van der Waals surface area contributed by atoms with Gasteiger partial charge in [-0.1, -0.05) is 23.7 Å². The molecule has 1 atom stereocenters. The number of hydrogen-bond acceptors (Lipinski definition) is 2. The van der Waals surface area contributed by atoms with Crippen molar-refractivity contribution in [3.63, 3.8) is 0 Å². The Morgan fingerprint density at radius 3 is 2.94 bits per heavy atom. The third-order valence-corrected chi connectivity index (χ3v) is 4.15. The monoisotopic (exact) mass is 270 g/mol. The van der Waals surface area contributed by atoms with Crippen LogP contribution in [0.3, 0.4) is 0 Å². The second-order valence-corrected chi connectivity index (χ2v) is 5.77. The van der Waals surface area contributed by atoms with Crippen LogP contribution in [0.25, 0.3) is 0 Å². The van der Waals surface area contributed by atoms with Crippen molar-refractivity contribution >= 4 is 29.4 Å². The van der Waals surface area contributed by atoms with E-state index >= 15 is 0 Å². The third-order valence-electron chi connectivity index (χ3n) is 2.65. The topological polar surface area (TPSA) is 23.6 Å². The van der Waals surface area contributed by atoms with E-state index in [-0.39, 0.29) is 11.4 Å². The first kappa shape index (κ1) is 12.6. The third kappa shape index (κ3) is 2.69. The maximum atomic E-state index is 12.0. The highest BCUT2D eigenvalue weighted by atomic mass is 35.5. The highest BCUT2D eigenvalue weighted by molar-refractivity contribution is 7.99. The summed E-state index contributed by atoms with van der Waals surface area (Å²) in [5.41, 5.74) is 1.09. The first-order valence-electron chi connectivity index (χ1n) is 5.44. The van der Waals surface area contributed by atoms with Gasteiger partial charge in [0.15, 0.2) is 0 Å². The molecule has 2 rings (SSSR count). The van der Waals surface area contributed by atoms with Gasteiger partial charge in [-0.3, -0.25) is 0 Å². The van der Waals surface area contributed by atoms with Crippen molar-refractivity contribution in [1.29, 1.82) is 0 Å². The van der Waals surface area contributed by atoms with Crippen LogP contribution in [0.5, 0.6) is 0 Å². The predicted molar refractivity (Wildman–Crippen MR) is 72.4 cm³/mol. The van der Waals surface area contributed by atoms with E-state index in [4.69, 9.17) is 11.6 Å². The van der Waals surface area contributed by atoms with E-state index in [9.17, 15) is 4.79 Å². The van der Waals surface area contributed by atoms with Gasteiger partial charge in [-0.05, 0) is 17.7 Å². The number of amides is 2. The number of thioether (sulfide) groups is 1. The maximum Gasteiger partial charge on any atom is 0.320 e. The molecule has 1 heterocycles. The van der Waals surface area contributed by atoms with Crippen molar-refractivity contribution in [1.82, 2.24) is 9.80 Å². The van der Waals surface area contributed by atoms with E-state index in [1.165, 1.54) is 0 Å². The number of carbonyl (C=O) groups excluding carboxylic acids is 1. The maximum absolute atomic E-state index is 12.0. The Kier molecular flexibility index (Phi) is 3.84. The Morgan fingerprint density at radius 1 is 1.53 bits per heavy atom. The minimum atomic E-state index is 0.0555. The Hall–Kier alpha value is -0.870. The fraction of sp³-hybridized carbons (Fsp3) is 0.417. The zero-order valence-corrected chi connectivity index (χ0v) is 11.5. The molecule has 1 aromatic carbocycles. The zero-order valence-electron chi connectivity index (χ0n) is 9.89. The van der Waals surface area contributed by atoms with Crippen LogP contribution in [0.1, 0.15) is 10.9 Å². The number of hydrogen-bond donors (Lipinski definition) is 0. The highest BCUT2D eigenvalue weighted by Crippen LogP contribution is 2.38. The van der Waals surface area contributed by atoms with Crippen molar-refractivity contribution in [2.45, 2.75) is 5.37 Å². The molecule has 0 bridgehead atoms. The molecular formula is C12H15ClN2OS. The predicted octanol–water partition coefficient (Wildman–Crippen LogP) is 3.07. The second kappa shape index (κ2) is 5.19. The lowest BCUT2D eigenvalue weighted by Crippen LogP contribution is -2.38. The molecule has 0 spiro atoms. The van der Waals surface area contributed by atoms with E-state index in [1.807, 2.05) is 29.2 Å². The number of rotatable bonds is 1. The van der Waals surface area contributed by atoms with E-state index in [2.05, 4.69) is 0 Å². The minimum Gasteiger partial charge on any atom is -0.331 e. The zero-order chi connectivity index (χ0) is 12.4. The fourth-order valence-corrected chi connectivity index (χ4v) is 3.30. The Labute approximate surface area is 111 Å². The summed E-state index contributed by atoms with van der Waals surface area (Å²) < 4.78 is 0. The van der Waals surface area contributed by atoms with E-state index < -0.39 is 0 Å². The lowest BCUT2D eigenvalue weighted by Gasteiger charge is -2.27. The lowest BCUT2D eigenvalue weighted by atomic mass is 10.2. The van der Waals surface area contributed by atoms with Gasteiger partial charge in [0.1, 0.15) is 5.37 Å². The molecule has 92 valence electrons. The number of carbonyl (C=O) groups is 1. The summed E-state index contributed by atoms with van der Waals surface area (Å²) in [4.78, 5) is 15.5. The van der Waals surface area contributed by atoms with Crippen LogP contribution < -0.4 is 0 Å². The van der Waals surface area contributed by atoms with Crippen LogP contribution in [0.2, 0.25) is 5.02 Å². The van der Waals surface area contributed by atoms with Gasteiger partial charge in [-0.15, -0.1) is 11.8 Å². The number of halogens is 1. The van der Waals surface area contributed by atoms with Crippen molar-refractivity contribution in [2.24, 2.45) is 0 Å². The molecule has 0 saturated carbocycles. The molecule has 0 unspecified atom stereocenters. The summed E-state index contributed by atoms with van der Waals surface area (Å²) in [5.74, 6) is 0.969. The van der Waals surface area contributed by atoms with Gasteiger partial charge in [-0.2, -0.15) is 0 Å². The lowest BCUT2D eigenvalue weighted by molar-refractivity contribution is 0.173. The standard InChI is InChI=1S/C12H15ClN2OS/c1-14(2)12(16)15-6-7-17-11(15)9-4-3-5-10(13)8-9/h3-5,8,11H,6-7H2,1-2H3/t11-/m1/s1. The molecule has 0 aliphatic carbocycles. The van der Waals surface area contributed by atoms with Gasteiger partial charge in [-0.25, -0.2) is 4.79 Å². The molecule has 0 aromatic heterocycles. The summed E-state index contributed by atoms with van der Waals surface area (Å²) in [6.45, 7) is 0.791. The van der Waals surface area contributed by atoms with Gasteiger partial charge >= 0.3 is 6.03 Å². The Morgan fingerprint density at radius 2 is 2.29 bits per heavy atom. The molecule has 5 heteroatoms. The van der Waals surface area contributed by atoms with E-state index in [1.54, 1.807) is 30.8 Å². The van der Waals surface area contributed by atoms with Crippen LogP contribution in [-0.2, 0) is 0 Å². The van der Waals surface area contributed by atoms with Crippen LogP contribution >= 0.6 is 23.4 Å². The van der Waals surface area contributed by atoms with E-state index in [0.29, 0.717) is 5.02 Å². The molecule has 17 heavy (non-hydrogen) atoms. The summed E-state index contributed by atoms with van der Waals surface area (Å²) >= 11 is 7.77. The van der Waals surface area contributed by atoms with E-state index in [0.717, 1.165) is 17.9 Å². The van der Waals surface area contributed by atoms with Gasteiger partial charge in [0.25, 0.3) is 0 Å². The highest BCUT2D eigenvalue weighted by Gasteiger charge is 2.31. The van der Waals surface area contributed by atoms with Crippen LogP contribution in [-0.4, -0.2) is 42.2 Å². The molecule has 0 N–H and O–H groups in total. The average molecular weight is 271 g/mol. The molecule has 2 amide bonds. The number of nitrogens with zero attached hydrogens (tertiary/aromatic N) is 2. The molecule has 1 aliphatic rings. The molecule has 1 fully saturated rings. The quantitative estimate of drug-likeness (QED) is 0.783. The first-order valence-corrected chi connectivity index (χ1v) is 6.87. The minimum absolute atomic E-state index is 0.0555. The van der Waals surface area contributed by atoms with Gasteiger partial charge in [0, 0.05) is 31.4 Å². The van der Waals surface area contributed by atoms with Crippen molar-refractivity contribution < 1.29 is 4.79 Å². The fourth-order valence-electron chi connectivity index (χ4n) is 1.86. The van der Waals surface area contributed by atoms with Crippen molar-refractivity contribution in [3.05, 3.63) is 34.9 Å². The molecule has 1 saturated heterocycles. The first-order chi connectivity index (χ1) is 8.09. The second-order valence-electron chi connectivity index (χ2n) is 4.15. The normalized spacial score (nSPS) is 19.5. The van der Waals surface area contributed by atoms with Crippen molar-refractivity contribution in [2.75, 3.05) is 26.4 Å². The Bertz CT molecular complexity index is 425. The van der Waals surface area contributed by atoms with Crippen LogP contribution in [0.15, 0.2) is 24.3 Å². The molecular weight excluding hydrogens is 256 g/mol. The molecule has 3 nitrogen and oxygen atoms in total. The number of benzene rings is 1. The average Bonchev–Trinajstić information content (AvgIpc) is 2.76. The summed E-state index contributed by atoms with van der Waals surface area (Å²) in [6.07, 6.45) is 0. The van der Waals surface area contributed by atoms with Crippen LogP contribution in [0.4, 0.5) is 4.79 Å². The van der Waals surface area contributed by atoms with Gasteiger partial charge < -0.3 is 9.80 Å². The summed E-state index contributed by atoms with van der Waals surface area (Å²) in [6, 6.07) is 7.78. The SMILES string of the molecule is CN(C)C(=O)N1CCS[C@@H]1c1cccc(Cl)c1. The van der Waals surface area contributed by atoms with Gasteiger partial charge in [0.05, 0.1) is 0 Å². The molecule has 0 radical (unpaired) electrons. The molecule has 1 aliphatic heterocycles. The Balaban J connectivity index is 2.23. The largest absolute Gasteiger partial charge is 0.331 e. The van der Waals surface area contributed by atoms with Gasteiger partial charge in [0.2, 0.25) is 0 Å². The molecule has 1 aromatic rings.